The summed E-state index contributed by atoms with van der Waals surface area (Å²) in [4.78, 5) is 8.31. The first-order chi connectivity index (χ1) is 13.2. The number of ether oxygens (including phenoxy) is 4. The van der Waals surface area contributed by atoms with Crippen LogP contribution in [0.1, 0.15) is 31.7 Å². The summed E-state index contributed by atoms with van der Waals surface area (Å²) in [5.74, 6) is 3.34. The van der Waals surface area contributed by atoms with E-state index in [-0.39, 0.29) is 0 Å². The highest BCUT2D eigenvalue weighted by Gasteiger charge is 2.13. The van der Waals surface area contributed by atoms with Gasteiger partial charge in [0.05, 0.1) is 34.1 Å². The first kappa shape index (κ1) is 20.6. The predicted molar refractivity (Wildman–Crippen MR) is 105 cm³/mol. The van der Waals surface area contributed by atoms with Gasteiger partial charge >= 0.3 is 0 Å². The average molecular weight is 375 g/mol. The lowest BCUT2D eigenvalue weighted by Gasteiger charge is -2.14. The lowest BCUT2D eigenvalue weighted by molar-refractivity contribution is 0.308. The van der Waals surface area contributed by atoms with Crippen LogP contribution >= 0.6 is 0 Å². The van der Waals surface area contributed by atoms with Crippen LogP contribution in [0.25, 0.3) is 0 Å². The van der Waals surface area contributed by atoms with Crippen molar-refractivity contribution in [2.45, 2.75) is 32.6 Å². The molecular formula is C20H29N3O4. The molecule has 0 spiro atoms. The molecule has 148 valence electrons. The van der Waals surface area contributed by atoms with Crippen LogP contribution < -0.4 is 24.3 Å². The lowest BCUT2D eigenvalue weighted by Crippen LogP contribution is -2.07. The summed E-state index contributed by atoms with van der Waals surface area (Å²) in [5.41, 5.74) is 1.10. The van der Waals surface area contributed by atoms with Gasteiger partial charge in [0, 0.05) is 6.54 Å². The Hall–Kier alpha value is -2.70. The van der Waals surface area contributed by atoms with E-state index in [2.05, 4.69) is 22.2 Å². The number of unbranched alkanes of at least 4 members (excludes halogenated alkanes) is 1. The van der Waals surface area contributed by atoms with Gasteiger partial charge in [-0.3, -0.25) is 0 Å². The van der Waals surface area contributed by atoms with Crippen LogP contribution in [-0.4, -0.2) is 44.4 Å². The number of nitrogens with one attached hydrogen (secondary N) is 1. The van der Waals surface area contributed by atoms with Crippen molar-refractivity contribution in [3.05, 3.63) is 30.2 Å². The predicted octanol–water partition coefficient (Wildman–Crippen LogP) is 3.73. The van der Waals surface area contributed by atoms with Gasteiger partial charge in [0.25, 0.3) is 0 Å². The minimum atomic E-state index is 0.562. The third-order valence-electron chi connectivity index (χ3n) is 4.09. The van der Waals surface area contributed by atoms with Gasteiger partial charge < -0.3 is 24.3 Å². The van der Waals surface area contributed by atoms with E-state index in [4.69, 9.17) is 18.9 Å². The summed E-state index contributed by atoms with van der Waals surface area (Å²) in [5, 5.41) is 3.29. The highest BCUT2D eigenvalue weighted by Crippen LogP contribution is 2.38. The number of hydrogen-bond acceptors (Lipinski definition) is 7. The maximum atomic E-state index is 5.87. The Morgan fingerprint density at radius 1 is 0.963 bits per heavy atom. The summed E-state index contributed by atoms with van der Waals surface area (Å²) in [6.45, 7) is 3.59. The van der Waals surface area contributed by atoms with Crippen LogP contribution in [-0.2, 0) is 6.42 Å². The fourth-order valence-electron chi connectivity index (χ4n) is 2.68. The molecular weight excluding hydrogens is 346 g/mol. The fourth-order valence-corrected chi connectivity index (χ4v) is 2.68. The second kappa shape index (κ2) is 11.1. The largest absolute Gasteiger partial charge is 0.493 e. The van der Waals surface area contributed by atoms with Crippen molar-refractivity contribution in [3.8, 4) is 23.0 Å². The molecule has 0 saturated carbocycles. The molecule has 2 aromatic rings. The summed E-state index contributed by atoms with van der Waals surface area (Å²) in [7, 11) is 4.83. The zero-order valence-corrected chi connectivity index (χ0v) is 16.6. The molecule has 1 N–H and O–H groups in total. The Bertz CT molecular complexity index is 684. The molecule has 0 bridgehead atoms. The molecule has 0 aliphatic heterocycles. The van der Waals surface area contributed by atoms with Crippen molar-refractivity contribution < 1.29 is 18.9 Å². The molecule has 1 aromatic heterocycles. The molecule has 1 heterocycles. The Kier molecular flexibility index (Phi) is 8.48. The van der Waals surface area contributed by atoms with Crippen LogP contribution in [0.15, 0.2) is 24.7 Å². The number of methoxy groups -OCH3 is 3. The van der Waals surface area contributed by atoms with Crippen LogP contribution in [0, 0.1) is 0 Å². The number of aryl methyl sites for hydroxylation is 1. The Labute approximate surface area is 161 Å². The molecule has 0 aliphatic carbocycles. The van der Waals surface area contributed by atoms with Crippen molar-refractivity contribution in [3.63, 3.8) is 0 Å². The molecule has 0 saturated heterocycles. The molecule has 7 heteroatoms. The summed E-state index contributed by atoms with van der Waals surface area (Å²) >= 11 is 0. The third kappa shape index (κ3) is 5.91. The fraction of sp³-hybridized carbons (Fsp3) is 0.500. The topological polar surface area (TPSA) is 74.7 Å². The van der Waals surface area contributed by atoms with E-state index in [1.54, 1.807) is 27.5 Å². The Balaban J connectivity index is 1.92. The first-order valence-electron chi connectivity index (χ1n) is 9.19. The number of rotatable bonds is 12. The van der Waals surface area contributed by atoms with Crippen molar-refractivity contribution in [2.24, 2.45) is 0 Å². The second-order valence-electron chi connectivity index (χ2n) is 6.00. The molecule has 2 rings (SSSR count). The van der Waals surface area contributed by atoms with E-state index in [0.717, 1.165) is 43.6 Å². The van der Waals surface area contributed by atoms with Gasteiger partial charge in [-0.25, -0.2) is 9.97 Å². The summed E-state index contributed by atoms with van der Waals surface area (Å²) < 4.78 is 22.0. The number of nitrogens with zero attached hydrogens (tertiary/aromatic N) is 2. The smallest absolute Gasteiger partial charge is 0.203 e. The molecule has 0 amide bonds. The van der Waals surface area contributed by atoms with Crippen molar-refractivity contribution >= 4 is 5.82 Å². The molecule has 1 aromatic carbocycles. The zero-order valence-electron chi connectivity index (χ0n) is 16.6. The van der Waals surface area contributed by atoms with E-state index >= 15 is 0 Å². The zero-order chi connectivity index (χ0) is 19.5. The lowest BCUT2D eigenvalue weighted by atomic mass is 10.1. The number of hydrogen-bond donors (Lipinski definition) is 1. The van der Waals surface area contributed by atoms with E-state index < -0.39 is 0 Å². The maximum Gasteiger partial charge on any atom is 0.203 e. The van der Waals surface area contributed by atoms with Gasteiger partial charge in [0.15, 0.2) is 23.1 Å². The normalized spacial score (nSPS) is 10.4. The highest BCUT2D eigenvalue weighted by atomic mass is 16.5. The SMILES string of the molecule is CCCCNc1ncncc1OCCCc1cc(OC)c(OC)c(OC)c1. The van der Waals surface area contributed by atoms with Crippen LogP contribution in [0.5, 0.6) is 23.0 Å². The monoisotopic (exact) mass is 375 g/mol. The number of anilines is 1. The van der Waals surface area contributed by atoms with Gasteiger partial charge in [0.2, 0.25) is 5.75 Å². The number of aromatic nitrogens is 2. The quantitative estimate of drug-likeness (QED) is 0.567. The number of benzene rings is 1. The third-order valence-corrected chi connectivity index (χ3v) is 4.09. The van der Waals surface area contributed by atoms with E-state index in [0.29, 0.717) is 29.6 Å². The molecule has 0 aliphatic rings. The highest BCUT2D eigenvalue weighted by molar-refractivity contribution is 5.53. The summed E-state index contributed by atoms with van der Waals surface area (Å²) in [6, 6.07) is 3.93. The van der Waals surface area contributed by atoms with Gasteiger partial charge in [-0.15, -0.1) is 0 Å². The minimum absolute atomic E-state index is 0.562. The van der Waals surface area contributed by atoms with Crippen LogP contribution in [0.3, 0.4) is 0 Å². The Morgan fingerprint density at radius 2 is 1.70 bits per heavy atom. The molecule has 0 fully saturated rings. The minimum Gasteiger partial charge on any atom is -0.493 e. The molecule has 0 unspecified atom stereocenters. The van der Waals surface area contributed by atoms with Gasteiger partial charge in [-0.2, -0.15) is 0 Å². The Morgan fingerprint density at radius 3 is 2.33 bits per heavy atom. The van der Waals surface area contributed by atoms with Crippen LogP contribution in [0.4, 0.5) is 5.82 Å². The van der Waals surface area contributed by atoms with Gasteiger partial charge in [-0.1, -0.05) is 13.3 Å². The van der Waals surface area contributed by atoms with Gasteiger partial charge in [-0.05, 0) is 37.0 Å². The second-order valence-corrected chi connectivity index (χ2v) is 6.00. The standard InChI is InChI=1S/C20H29N3O4/c1-5-6-9-22-20-18(13-21-14-23-20)27-10-7-8-15-11-16(24-2)19(26-4)17(12-15)25-3/h11-14H,5-10H2,1-4H3,(H,21,22,23). The van der Waals surface area contributed by atoms with E-state index in [1.807, 2.05) is 12.1 Å². The van der Waals surface area contributed by atoms with Crippen molar-refractivity contribution in [1.82, 2.24) is 9.97 Å². The molecule has 0 radical (unpaired) electrons. The molecule has 7 nitrogen and oxygen atoms in total. The average Bonchev–Trinajstić information content (AvgIpc) is 2.71. The molecule has 27 heavy (non-hydrogen) atoms. The van der Waals surface area contributed by atoms with Crippen molar-refractivity contribution in [2.75, 3.05) is 39.8 Å². The van der Waals surface area contributed by atoms with E-state index in [1.165, 1.54) is 6.33 Å². The summed E-state index contributed by atoms with van der Waals surface area (Å²) in [6.07, 6.45) is 7.09. The van der Waals surface area contributed by atoms with Crippen LogP contribution in [0.2, 0.25) is 0 Å². The van der Waals surface area contributed by atoms with Crippen molar-refractivity contribution in [1.29, 1.82) is 0 Å². The van der Waals surface area contributed by atoms with E-state index in [9.17, 15) is 0 Å². The molecule has 0 atom stereocenters. The maximum absolute atomic E-state index is 5.87. The van der Waals surface area contributed by atoms with Gasteiger partial charge in [0.1, 0.15) is 6.33 Å². The first-order valence-corrected chi connectivity index (χ1v) is 9.19.